The molecule has 0 aromatic heterocycles. The lowest BCUT2D eigenvalue weighted by atomic mass is 9.97. The molecule has 2 nitrogen and oxygen atoms in total. The SMILES string of the molecule is CC1CN(Cc2cccc3ccccc23)CCC1=O. The molecule has 19 heavy (non-hydrogen) atoms. The third kappa shape index (κ3) is 2.54. The van der Waals surface area contributed by atoms with Crippen molar-refractivity contribution in [3.8, 4) is 0 Å². The van der Waals surface area contributed by atoms with Crippen LogP contribution in [0.25, 0.3) is 10.8 Å². The van der Waals surface area contributed by atoms with Gasteiger partial charge in [0, 0.05) is 32.0 Å². The minimum Gasteiger partial charge on any atom is -0.299 e. The van der Waals surface area contributed by atoms with Gasteiger partial charge in [-0.3, -0.25) is 9.69 Å². The number of rotatable bonds is 2. The van der Waals surface area contributed by atoms with Crippen molar-refractivity contribution in [1.29, 1.82) is 0 Å². The van der Waals surface area contributed by atoms with Crippen molar-refractivity contribution in [2.24, 2.45) is 5.92 Å². The van der Waals surface area contributed by atoms with Gasteiger partial charge in [0.25, 0.3) is 0 Å². The molecule has 2 heteroatoms. The second-order valence-electron chi connectivity index (χ2n) is 5.49. The molecule has 1 heterocycles. The quantitative estimate of drug-likeness (QED) is 0.819. The summed E-state index contributed by atoms with van der Waals surface area (Å²) in [5.74, 6) is 0.595. The second kappa shape index (κ2) is 5.14. The number of ketones is 1. The average Bonchev–Trinajstić information content (AvgIpc) is 2.43. The van der Waals surface area contributed by atoms with Crippen LogP contribution in [-0.2, 0) is 11.3 Å². The molecule has 2 aromatic rings. The first kappa shape index (κ1) is 12.4. The van der Waals surface area contributed by atoms with Gasteiger partial charge in [0.15, 0.2) is 0 Å². The van der Waals surface area contributed by atoms with Crippen LogP contribution in [0.4, 0.5) is 0 Å². The molecule has 3 rings (SSSR count). The number of piperidine rings is 1. The summed E-state index contributed by atoms with van der Waals surface area (Å²) >= 11 is 0. The molecule has 0 radical (unpaired) electrons. The van der Waals surface area contributed by atoms with Gasteiger partial charge < -0.3 is 0 Å². The molecule has 0 bridgehead atoms. The number of benzene rings is 2. The van der Waals surface area contributed by atoms with Gasteiger partial charge in [-0.15, -0.1) is 0 Å². The fourth-order valence-electron chi connectivity index (χ4n) is 2.91. The number of nitrogens with zero attached hydrogens (tertiary/aromatic N) is 1. The number of likely N-dealkylation sites (tertiary alicyclic amines) is 1. The van der Waals surface area contributed by atoms with Crippen molar-refractivity contribution in [1.82, 2.24) is 4.90 Å². The number of hydrogen-bond donors (Lipinski definition) is 0. The maximum Gasteiger partial charge on any atom is 0.138 e. The first-order valence-corrected chi connectivity index (χ1v) is 6.96. The fourth-order valence-corrected chi connectivity index (χ4v) is 2.91. The van der Waals surface area contributed by atoms with E-state index in [0.29, 0.717) is 12.2 Å². The fraction of sp³-hybridized carbons (Fsp3) is 0.353. The molecule has 1 atom stereocenters. The molecule has 0 spiro atoms. The maximum absolute atomic E-state index is 11.6. The van der Waals surface area contributed by atoms with Crippen molar-refractivity contribution in [2.75, 3.05) is 13.1 Å². The highest BCUT2D eigenvalue weighted by atomic mass is 16.1. The summed E-state index contributed by atoms with van der Waals surface area (Å²) in [6, 6.07) is 15.0. The van der Waals surface area contributed by atoms with E-state index in [-0.39, 0.29) is 5.92 Å². The first-order valence-electron chi connectivity index (χ1n) is 6.96. The Bertz CT molecular complexity index is 600. The molecule has 0 saturated carbocycles. The van der Waals surface area contributed by atoms with Crippen LogP contribution >= 0.6 is 0 Å². The molecule has 0 N–H and O–H groups in total. The molecule has 0 aliphatic carbocycles. The van der Waals surface area contributed by atoms with Gasteiger partial charge in [0.1, 0.15) is 5.78 Å². The van der Waals surface area contributed by atoms with Crippen molar-refractivity contribution in [3.05, 3.63) is 48.0 Å². The highest BCUT2D eigenvalue weighted by Crippen LogP contribution is 2.22. The molecule has 1 aliphatic heterocycles. The van der Waals surface area contributed by atoms with Crippen LogP contribution < -0.4 is 0 Å². The number of carbonyl (C=O) groups excluding carboxylic acids is 1. The van der Waals surface area contributed by atoms with Gasteiger partial charge in [0.2, 0.25) is 0 Å². The largest absolute Gasteiger partial charge is 0.299 e. The zero-order valence-corrected chi connectivity index (χ0v) is 11.3. The van der Waals surface area contributed by atoms with E-state index in [1.807, 2.05) is 6.92 Å². The van der Waals surface area contributed by atoms with Gasteiger partial charge in [-0.1, -0.05) is 49.4 Å². The monoisotopic (exact) mass is 253 g/mol. The van der Waals surface area contributed by atoms with E-state index in [1.54, 1.807) is 0 Å². The molecule has 1 aliphatic rings. The van der Waals surface area contributed by atoms with Crippen LogP contribution in [-0.4, -0.2) is 23.8 Å². The Morgan fingerprint density at radius 3 is 2.79 bits per heavy atom. The van der Waals surface area contributed by atoms with Gasteiger partial charge in [-0.25, -0.2) is 0 Å². The summed E-state index contributed by atoms with van der Waals surface area (Å²) in [5.41, 5.74) is 1.36. The van der Waals surface area contributed by atoms with Crippen LogP contribution in [0.5, 0.6) is 0 Å². The third-order valence-electron chi connectivity index (χ3n) is 4.03. The van der Waals surface area contributed by atoms with E-state index in [2.05, 4.69) is 47.4 Å². The molecular weight excluding hydrogens is 234 g/mol. The van der Waals surface area contributed by atoms with Gasteiger partial charge in [0.05, 0.1) is 0 Å². The van der Waals surface area contributed by atoms with E-state index < -0.39 is 0 Å². The van der Waals surface area contributed by atoms with E-state index >= 15 is 0 Å². The molecule has 1 fully saturated rings. The van der Waals surface area contributed by atoms with Crippen LogP contribution in [0.2, 0.25) is 0 Å². The standard InChI is InChI=1S/C17H19NO/c1-13-11-18(10-9-17(13)19)12-15-7-4-6-14-5-2-3-8-16(14)15/h2-8,13H,9-12H2,1H3. The van der Waals surface area contributed by atoms with E-state index in [4.69, 9.17) is 0 Å². The molecule has 2 aromatic carbocycles. The zero-order chi connectivity index (χ0) is 13.2. The minimum absolute atomic E-state index is 0.184. The zero-order valence-electron chi connectivity index (χ0n) is 11.3. The molecule has 0 amide bonds. The van der Waals surface area contributed by atoms with Crippen LogP contribution in [0.15, 0.2) is 42.5 Å². The van der Waals surface area contributed by atoms with Crippen molar-refractivity contribution >= 4 is 16.6 Å². The van der Waals surface area contributed by atoms with E-state index in [0.717, 1.165) is 19.6 Å². The van der Waals surface area contributed by atoms with Gasteiger partial charge in [-0.2, -0.15) is 0 Å². The Kier molecular flexibility index (Phi) is 3.34. The lowest BCUT2D eigenvalue weighted by molar-refractivity contribution is -0.125. The summed E-state index contributed by atoms with van der Waals surface area (Å²) in [6.07, 6.45) is 0.700. The van der Waals surface area contributed by atoms with Crippen molar-refractivity contribution in [2.45, 2.75) is 19.9 Å². The number of Topliss-reactive ketones (excluding diaryl/α,β-unsaturated/α-hetero) is 1. The first-order chi connectivity index (χ1) is 9.24. The topological polar surface area (TPSA) is 20.3 Å². The molecule has 1 unspecified atom stereocenters. The Hall–Kier alpha value is -1.67. The van der Waals surface area contributed by atoms with E-state index in [9.17, 15) is 4.79 Å². The summed E-state index contributed by atoms with van der Waals surface area (Å²) in [5, 5.41) is 2.62. The summed E-state index contributed by atoms with van der Waals surface area (Å²) in [6.45, 7) is 4.77. The van der Waals surface area contributed by atoms with E-state index in [1.165, 1.54) is 16.3 Å². The summed E-state index contributed by atoms with van der Waals surface area (Å²) in [4.78, 5) is 14.0. The van der Waals surface area contributed by atoms with Crippen LogP contribution in [0.3, 0.4) is 0 Å². The summed E-state index contributed by atoms with van der Waals surface area (Å²) < 4.78 is 0. The van der Waals surface area contributed by atoms with Crippen molar-refractivity contribution in [3.63, 3.8) is 0 Å². The van der Waals surface area contributed by atoms with Gasteiger partial charge >= 0.3 is 0 Å². The highest BCUT2D eigenvalue weighted by Gasteiger charge is 2.23. The average molecular weight is 253 g/mol. The number of hydrogen-bond acceptors (Lipinski definition) is 2. The van der Waals surface area contributed by atoms with Crippen LogP contribution in [0, 0.1) is 5.92 Å². The normalized spacial score (nSPS) is 20.9. The van der Waals surface area contributed by atoms with Gasteiger partial charge in [-0.05, 0) is 16.3 Å². The Balaban J connectivity index is 1.84. The predicted molar refractivity (Wildman–Crippen MR) is 78.0 cm³/mol. The Morgan fingerprint density at radius 1 is 1.16 bits per heavy atom. The predicted octanol–water partition coefficient (Wildman–Crippen LogP) is 3.25. The lowest BCUT2D eigenvalue weighted by Crippen LogP contribution is -2.39. The second-order valence-corrected chi connectivity index (χ2v) is 5.49. The summed E-state index contributed by atoms with van der Waals surface area (Å²) in [7, 11) is 0. The smallest absolute Gasteiger partial charge is 0.138 e. The molecule has 1 saturated heterocycles. The number of carbonyl (C=O) groups is 1. The molecular formula is C17H19NO. The minimum atomic E-state index is 0.184. The third-order valence-corrected chi connectivity index (χ3v) is 4.03. The Labute approximate surface area is 114 Å². The Morgan fingerprint density at radius 2 is 1.95 bits per heavy atom. The van der Waals surface area contributed by atoms with Crippen LogP contribution in [0.1, 0.15) is 18.9 Å². The lowest BCUT2D eigenvalue weighted by Gasteiger charge is -2.30. The van der Waals surface area contributed by atoms with Crippen molar-refractivity contribution < 1.29 is 4.79 Å². The number of fused-ring (bicyclic) bond motifs is 1. The highest BCUT2D eigenvalue weighted by molar-refractivity contribution is 5.85. The molecule has 98 valence electrons. The maximum atomic E-state index is 11.6.